The number of hydrogen-bond donors (Lipinski definition) is 0. The van der Waals surface area contributed by atoms with E-state index in [2.05, 4.69) is 31.9 Å². The van der Waals surface area contributed by atoms with Gasteiger partial charge in [-0.1, -0.05) is 6.07 Å². The molecule has 112 valence electrons. The molecule has 1 aliphatic heterocycles. The van der Waals surface area contributed by atoms with Gasteiger partial charge in [0.1, 0.15) is 18.0 Å². The lowest BCUT2D eigenvalue weighted by molar-refractivity contribution is 0.213. The first-order chi connectivity index (χ1) is 10.1. The molecule has 1 atom stereocenters. The van der Waals surface area contributed by atoms with Crippen molar-refractivity contribution in [2.75, 3.05) is 24.5 Å². The van der Waals surface area contributed by atoms with Gasteiger partial charge in [0.2, 0.25) is 5.95 Å². The topological polar surface area (TPSA) is 50.1 Å². The lowest BCUT2D eigenvalue weighted by atomic mass is 10.2. The Morgan fingerprint density at radius 2 is 2.19 bits per heavy atom. The van der Waals surface area contributed by atoms with E-state index < -0.39 is 5.95 Å². The van der Waals surface area contributed by atoms with E-state index in [1.165, 1.54) is 6.07 Å². The standard InChI is InChI=1S/C14H19FN6/c1-11-8-20(9-14-18-16-10-19(14)2)6-7-21(11)13-5-3-4-12(15)17-13/h3-5,10-11H,6-9H2,1-2H3. The van der Waals surface area contributed by atoms with Gasteiger partial charge in [0.25, 0.3) is 0 Å². The lowest BCUT2D eigenvalue weighted by Crippen LogP contribution is -2.52. The Labute approximate surface area is 123 Å². The Morgan fingerprint density at radius 1 is 1.33 bits per heavy atom. The minimum absolute atomic E-state index is 0.279. The molecule has 21 heavy (non-hydrogen) atoms. The largest absolute Gasteiger partial charge is 0.351 e. The van der Waals surface area contributed by atoms with Crippen LogP contribution in [0.3, 0.4) is 0 Å². The van der Waals surface area contributed by atoms with Gasteiger partial charge < -0.3 is 9.47 Å². The highest BCUT2D eigenvalue weighted by atomic mass is 19.1. The van der Waals surface area contributed by atoms with Gasteiger partial charge in [-0.15, -0.1) is 10.2 Å². The van der Waals surface area contributed by atoms with Crippen LogP contribution in [0.1, 0.15) is 12.7 Å². The molecule has 0 amide bonds. The predicted molar refractivity (Wildman–Crippen MR) is 77.3 cm³/mol. The molecule has 1 fully saturated rings. The van der Waals surface area contributed by atoms with Crippen molar-refractivity contribution >= 4 is 5.82 Å². The van der Waals surface area contributed by atoms with E-state index in [9.17, 15) is 4.39 Å². The zero-order valence-corrected chi connectivity index (χ0v) is 12.3. The van der Waals surface area contributed by atoms with Crippen LogP contribution in [0.2, 0.25) is 0 Å². The fourth-order valence-electron chi connectivity index (χ4n) is 2.72. The third-order valence-corrected chi connectivity index (χ3v) is 3.88. The number of anilines is 1. The molecule has 0 aromatic carbocycles. The summed E-state index contributed by atoms with van der Waals surface area (Å²) in [7, 11) is 1.95. The maximum Gasteiger partial charge on any atom is 0.214 e. The zero-order valence-electron chi connectivity index (χ0n) is 12.3. The summed E-state index contributed by atoms with van der Waals surface area (Å²) in [6, 6.07) is 5.22. The SMILES string of the molecule is CC1CN(Cc2nncn2C)CCN1c1cccc(F)n1. The summed E-state index contributed by atoms with van der Waals surface area (Å²) in [5.74, 6) is 1.24. The molecule has 6 nitrogen and oxygen atoms in total. The first-order valence-electron chi connectivity index (χ1n) is 7.08. The molecule has 2 aromatic heterocycles. The highest BCUT2D eigenvalue weighted by molar-refractivity contribution is 5.40. The molecule has 1 unspecified atom stereocenters. The van der Waals surface area contributed by atoms with Crippen LogP contribution in [0.4, 0.5) is 10.2 Å². The zero-order chi connectivity index (χ0) is 14.8. The third kappa shape index (κ3) is 3.02. The van der Waals surface area contributed by atoms with Crippen LogP contribution < -0.4 is 4.90 Å². The van der Waals surface area contributed by atoms with Crippen molar-refractivity contribution in [3.63, 3.8) is 0 Å². The number of piperazine rings is 1. The van der Waals surface area contributed by atoms with E-state index in [4.69, 9.17) is 0 Å². The quantitative estimate of drug-likeness (QED) is 0.791. The fourth-order valence-corrected chi connectivity index (χ4v) is 2.72. The Kier molecular flexibility index (Phi) is 3.83. The highest BCUT2D eigenvalue weighted by Crippen LogP contribution is 2.19. The van der Waals surface area contributed by atoms with E-state index in [1.807, 2.05) is 17.7 Å². The van der Waals surface area contributed by atoms with Gasteiger partial charge >= 0.3 is 0 Å². The fraction of sp³-hybridized carbons (Fsp3) is 0.500. The summed E-state index contributed by atoms with van der Waals surface area (Å²) in [6.07, 6.45) is 1.71. The maximum absolute atomic E-state index is 13.3. The van der Waals surface area contributed by atoms with Crippen molar-refractivity contribution in [2.24, 2.45) is 7.05 Å². The summed E-state index contributed by atoms with van der Waals surface area (Å²) in [5, 5.41) is 8.02. The predicted octanol–water partition coefficient (Wildman–Crippen LogP) is 1.06. The summed E-state index contributed by atoms with van der Waals surface area (Å²) in [4.78, 5) is 8.46. The van der Waals surface area contributed by atoms with Gasteiger partial charge in [0, 0.05) is 32.7 Å². The van der Waals surface area contributed by atoms with E-state index in [1.54, 1.807) is 12.4 Å². The van der Waals surface area contributed by atoms with Crippen LogP contribution in [0.25, 0.3) is 0 Å². The van der Waals surface area contributed by atoms with Crippen LogP contribution in [0, 0.1) is 5.95 Å². The molecule has 7 heteroatoms. The van der Waals surface area contributed by atoms with Crippen molar-refractivity contribution in [3.8, 4) is 0 Å². The Bertz CT molecular complexity index is 613. The Balaban J connectivity index is 1.65. The van der Waals surface area contributed by atoms with Crippen molar-refractivity contribution in [2.45, 2.75) is 19.5 Å². The molecule has 0 bridgehead atoms. The van der Waals surface area contributed by atoms with E-state index in [0.717, 1.165) is 32.0 Å². The molecule has 2 aromatic rings. The van der Waals surface area contributed by atoms with Gasteiger partial charge in [0.05, 0.1) is 6.54 Å². The number of rotatable bonds is 3. The van der Waals surface area contributed by atoms with Crippen molar-refractivity contribution in [1.29, 1.82) is 0 Å². The van der Waals surface area contributed by atoms with Gasteiger partial charge in [-0.25, -0.2) is 4.98 Å². The molecule has 3 rings (SSSR count). The highest BCUT2D eigenvalue weighted by Gasteiger charge is 2.25. The normalized spacial score (nSPS) is 20.0. The molecule has 0 N–H and O–H groups in total. The third-order valence-electron chi connectivity index (χ3n) is 3.88. The number of nitrogens with zero attached hydrogens (tertiary/aromatic N) is 6. The molecule has 0 aliphatic carbocycles. The van der Waals surface area contributed by atoms with Gasteiger partial charge in [-0.05, 0) is 19.1 Å². The molecule has 0 radical (unpaired) electrons. The van der Waals surface area contributed by atoms with E-state index in [-0.39, 0.29) is 6.04 Å². The molecular formula is C14H19FN6. The second-order valence-corrected chi connectivity index (χ2v) is 5.45. The molecule has 1 aliphatic rings. The average Bonchev–Trinajstić information content (AvgIpc) is 2.84. The summed E-state index contributed by atoms with van der Waals surface area (Å²) < 4.78 is 15.2. The van der Waals surface area contributed by atoms with Gasteiger partial charge in [0.15, 0.2) is 0 Å². The minimum Gasteiger partial charge on any atom is -0.351 e. The maximum atomic E-state index is 13.3. The molecule has 0 spiro atoms. The summed E-state index contributed by atoms with van der Waals surface area (Å²) >= 11 is 0. The van der Waals surface area contributed by atoms with Crippen LogP contribution in [-0.2, 0) is 13.6 Å². The van der Waals surface area contributed by atoms with E-state index >= 15 is 0 Å². The number of halogens is 1. The first-order valence-corrected chi connectivity index (χ1v) is 7.08. The van der Waals surface area contributed by atoms with Crippen LogP contribution in [0.5, 0.6) is 0 Å². The van der Waals surface area contributed by atoms with Crippen molar-refractivity contribution in [3.05, 3.63) is 36.3 Å². The molecule has 1 saturated heterocycles. The minimum atomic E-state index is -0.429. The second kappa shape index (κ2) is 5.77. The molecule has 0 saturated carbocycles. The summed E-state index contributed by atoms with van der Waals surface area (Å²) in [5.41, 5.74) is 0. The Morgan fingerprint density at radius 3 is 2.86 bits per heavy atom. The first kappa shape index (κ1) is 13.9. The van der Waals surface area contributed by atoms with Crippen LogP contribution >= 0.6 is 0 Å². The lowest BCUT2D eigenvalue weighted by Gasteiger charge is -2.40. The van der Waals surface area contributed by atoms with Gasteiger partial charge in [-0.3, -0.25) is 4.90 Å². The van der Waals surface area contributed by atoms with Crippen LogP contribution in [0.15, 0.2) is 24.5 Å². The average molecular weight is 290 g/mol. The van der Waals surface area contributed by atoms with E-state index in [0.29, 0.717) is 5.82 Å². The van der Waals surface area contributed by atoms with Crippen molar-refractivity contribution < 1.29 is 4.39 Å². The number of aromatic nitrogens is 4. The Hall–Kier alpha value is -2.02. The number of pyridine rings is 1. The van der Waals surface area contributed by atoms with Gasteiger partial charge in [-0.2, -0.15) is 4.39 Å². The smallest absolute Gasteiger partial charge is 0.214 e. The summed E-state index contributed by atoms with van der Waals surface area (Å²) in [6.45, 7) is 5.54. The monoisotopic (exact) mass is 290 g/mol. The number of aryl methyl sites for hydroxylation is 1. The number of hydrogen-bond acceptors (Lipinski definition) is 5. The molecule has 3 heterocycles. The molecular weight excluding hydrogens is 271 g/mol. The van der Waals surface area contributed by atoms with Crippen LogP contribution in [-0.4, -0.2) is 50.3 Å². The van der Waals surface area contributed by atoms with Crippen molar-refractivity contribution in [1.82, 2.24) is 24.6 Å². The second-order valence-electron chi connectivity index (χ2n) is 5.45.